The van der Waals surface area contributed by atoms with Crippen LogP contribution in [-0.4, -0.2) is 35.7 Å². The predicted octanol–water partition coefficient (Wildman–Crippen LogP) is 1.29. The number of carbonyl (C=O) groups is 1. The lowest BCUT2D eigenvalue weighted by atomic mass is 9.93. The Hall–Kier alpha value is -0.610. The average molecular weight is 244 g/mol. The van der Waals surface area contributed by atoms with Crippen LogP contribution in [0.4, 0.5) is 0 Å². The van der Waals surface area contributed by atoms with E-state index in [2.05, 4.69) is 24.5 Å². The van der Waals surface area contributed by atoms with Gasteiger partial charge in [-0.25, -0.2) is 0 Å². The Labute approximate surface area is 105 Å². The van der Waals surface area contributed by atoms with Gasteiger partial charge in [-0.15, -0.1) is 0 Å². The van der Waals surface area contributed by atoms with Gasteiger partial charge in [-0.3, -0.25) is 10.1 Å². The van der Waals surface area contributed by atoms with Gasteiger partial charge in [0.1, 0.15) is 0 Å². The van der Waals surface area contributed by atoms with E-state index in [1.54, 1.807) is 0 Å². The van der Waals surface area contributed by atoms with E-state index in [0.29, 0.717) is 12.5 Å². The van der Waals surface area contributed by atoms with Gasteiger partial charge in [0.2, 0.25) is 5.91 Å². The summed E-state index contributed by atoms with van der Waals surface area (Å²) in [5.74, 6) is 0.449. The van der Waals surface area contributed by atoms with Crippen molar-refractivity contribution in [3.8, 4) is 0 Å². The van der Waals surface area contributed by atoms with E-state index in [9.17, 15) is 9.90 Å². The molecule has 0 radical (unpaired) electrons. The van der Waals surface area contributed by atoms with Gasteiger partial charge < -0.3 is 10.4 Å². The van der Waals surface area contributed by atoms with Crippen molar-refractivity contribution in [2.45, 2.75) is 59.0 Å². The zero-order valence-electron chi connectivity index (χ0n) is 11.8. The van der Waals surface area contributed by atoms with Crippen LogP contribution in [0.1, 0.15) is 47.5 Å². The SMILES string of the molecule is CCC(CC)(CO)NC(C)C(=O)NCC(C)C. The number of carbonyl (C=O) groups excluding carboxylic acids is 1. The van der Waals surface area contributed by atoms with E-state index in [-0.39, 0.29) is 24.1 Å². The maximum Gasteiger partial charge on any atom is 0.236 e. The first kappa shape index (κ1) is 16.4. The molecule has 4 nitrogen and oxygen atoms in total. The molecule has 3 N–H and O–H groups in total. The minimum absolute atomic E-state index is 0.00146. The molecule has 0 saturated carbocycles. The zero-order valence-corrected chi connectivity index (χ0v) is 11.8. The maximum absolute atomic E-state index is 11.8. The van der Waals surface area contributed by atoms with Gasteiger partial charge in [0.25, 0.3) is 0 Å². The van der Waals surface area contributed by atoms with E-state index in [1.165, 1.54) is 0 Å². The molecule has 0 aromatic heterocycles. The molecule has 0 fully saturated rings. The van der Waals surface area contributed by atoms with Crippen LogP contribution < -0.4 is 10.6 Å². The van der Waals surface area contributed by atoms with Gasteiger partial charge in [-0.2, -0.15) is 0 Å². The highest BCUT2D eigenvalue weighted by Gasteiger charge is 2.28. The Bertz CT molecular complexity index is 217. The molecule has 17 heavy (non-hydrogen) atoms. The van der Waals surface area contributed by atoms with Crippen LogP contribution >= 0.6 is 0 Å². The molecule has 0 aliphatic carbocycles. The highest BCUT2D eigenvalue weighted by atomic mass is 16.3. The number of aliphatic hydroxyl groups excluding tert-OH is 1. The lowest BCUT2D eigenvalue weighted by Gasteiger charge is -2.33. The molecule has 0 aromatic rings. The molecule has 4 heteroatoms. The van der Waals surface area contributed by atoms with Crippen LogP contribution in [0, 0.1) is 5.92 Å². The fourth-order valence-electron chi connectivity index (χ4n) is 1.71. The molecule has 0 heterocycles. The summed E-state index contributed by atoms with van der Waals surface area (Å²) < 4.78 is 0. The summed E-state index contributed by atoms with van der Waals surface area (Å²) in [4.78, 5) is 11.8. The number of nitrogens with one attached hydrogen (secondary N) is 2. The summed E-state index contributed by atoms with van der Waals surface area (Å²) in [5, 5.41) is 15.6. The molecule has 102 valence electrons. The Morgan fingerprint density at radius 1 is 1.24 bits per heavy atom. The second-order valence-corrected chi connectivity index (χ2v) is 5.15. The molecular formula is C13H28N2O2. The number of aliphatic hydroxyl groups is 1. The third-order valence-corrected chi connectivity index (χ3v) is 3.26. The van der Waals surface area contributed by atoms with Crippen molar-refractivity contribution in [2.24, 2.45) is 5.92 Å². The first-order valence-electron chi connectivity index (χ1n) is 6.57. The zero-order chi connectivity index (χ0) is 13.5. The number of hydrogen-bond donors (Lipinski definition) is 3. The molecule has 1 amide bonds. The highest BCUT2D eigenvalue weighted by Crippen LogP contribution is 2.15. The number of rotatable bonds is 8. The topological polar surface area (TPSA) is 61.4 Å². The lowest BCUT2D eigenvalue weighted by Crippen LogP contribution is -2.56. The van der Waals surface area contributed by atoms with Crippen LogP contribution in [-0.2, 0) is 4.79 Å². The molecule has 0 saturated heterocycles. The van der Waals surface area contributed by atoms with E-state index in [1.807, 2.05) is 20.8 Å². The Kier molecular flexibility index (Phi) is 7.39. The standard InChI is InChI=1S/C13H28N2O2/c1-6-13(7-2,9-16)15-11(5)12(17)14-8-10(3)4/h10-11,15-16H,6-9H2,1-5H3,(H,14,17). The third kappa shape index (κ3) is 5.50. The molecule has 0 bridgehead atoms. The third-order valence-electron chi connectivity index (χ3n) is 3.26. The first-order valence-corrected chi connectivity index (χ1v) is 6.57. The summed E-state index contributed by atoms with van der Waals surface area (Å²) in [6, 6.07) is -0.277. The van der Waals surface area contributed by atoms with Crippen molar-refractivity contribution in [1.82, 2.24) is 10.6 Å². The van der Waals surface area contributed by atoms with Gasteiger partial charge in [0.05, 0.1) is 12.6 Å². The Morgan fingerprint density at radius 2 is 1.76 bits per heavy atom. The minimum Gasteiger partial charge on any atom is -0.394 e. The van der Waals surface area contributed by atoms with Gasteiger partial charge in [0.15, 0.2) is 0 Å². The van der Waals surface area contributed by atoms with Crippen LogP contribution in [0.2, 0.25) is 0 Å². The molecular weight excluding hydrogens is 216 g/mol. The summed E-state index contributed by atoms with van der Waals surface area (Å²) in [6.45, 7) is 10.8. The summed E-state index contributed by atoms with van der Waals surface area (Å²) in [5.41, 5.74) is -0.339. The molecule has 1 atom stereocenters. The van der Waals surface area contributed by atoms with Gasteiger partial charge in [-0.1, -0.05) is 27.7 Å². The van der Waals surface area contributed by atoms with Crippen LogP contribution in [0.5, 0.6) is 0 Å². The van der Waals surface area contributed by atoms with E-state index in [0.717, 1.165) is 12.8 Å². The van der Waals surface area contributed by atoms with E-state index < -0.39 is 0 Å². The molecule has 0 aliphatic rings. The quantitative estimate of drug-likeness (QED) is 0.603. The Balaban J connectivity index is 4.30. The number of amides is 1. The van der Waals surface area contributed by atoms with Crippen molar-refractivity contribution in [2.75, 3.05) is 13.2 Å². The van der Waals surface area contributed by atoms with Crippen molar-refractivity contribution in [1.29, 1.82) is 0 Å². The van der Waals surface area contributed by atoms with Crippen molar-refractivity contribution < 1.29 is 9.90 Å². The largest absolute Gasteiger partial charge is 0.394 e. The summed E-state index contributed by atoms with van der Waals surface area (Å²) in [6.07, 6.45) is 1.61. The van der Waals surface area contributed by atoms with E-state index in [4.69, 9.17) is 0 Å². The average Bonchev–Trinajstić information content (AvgIpc) is 2.32. The van der Waals surface area contributed by atoms with Crippen molar-refractivity contribution >= 4 is 5.91 Å². The second kappa shape index (κ2) is 7.67. The lowest BCUT2D eigenvalue weighted by molar-refractivity contribution is -0.123. The van der Waals surface area contributed by atoms with Crippen molar-refractivity contribution in [3.05, 3.63) is 0 Å². The normalized spacial score (nSPS) is 13.8. The maximum atomic E-state index is 11.8. The Morgan fingerprint density at radius 3 is 2.12 bits per heavy atom. The smallest absolute Gasteiger partial charge is 0.236 e. The minimum atomic E-state index is -0.339. The van der Waals surface area contributed by atoms with Gasteiger partial charge in [0, 0.05) is 12.1 Å². The second-order valence-electron chi connectivity index (χ2n) is 5.15. The summed E-state index contributed by atoms with van der Waals surface area (Å²) in [7, 11) is 0. The fourth-order valence-corrected chi connectivity index (χ4v) is 1.71. The van der Waals surface area contributed by atoms with E-state index >= 15 is 0 Å². The highest BCUT2D eigenvalue weighted by molar-refractivity contribution is 5.81. The van der Waals surface area contributed by atoms with Gasteiger partial charge in [-0.05, 0) is 25.7 Å². The predicted molar refractivity (Wildman–Crippen MR) is 70.8 cm³/mol. The van der Waals surface area contributed by atoms with Crippen molar-refractivity contribution in [3.63, 3.8) is 0 Å². The first-order chi connectivity index (χ1) is 7.90. The number of hydrogen-bond acceptors (Lipinski definition) is 3. The molecule has 0 rings (SSSR count). The molecule has 0 aromatic carbocycles. The van der Waals surface area contributed by atoms with Crippen LogP contribution in [0.15, 0.2) is 0 Å². The monoisotopic (exact) mass is 244 g/mol. The molecule has 0 spiro atoms. The molecule has 1 unspecified atom stereocenters. The fraction of sp³-hybridized carbons (Fsp3) is 0.923. The molecule has 0 aliphatic heterocycles. The summed E-state index contributed by atoms with van der Waals surface area (Å²) >= 11 is 0. The van der Waals surface area contributed by atoms with Crippen LogP contribution in [0.25, 0.3) is 0 Å². The van der Waals surface area contributed by atoms with Crippen LogP contribution in [0.3, 0.4) is 0 Å². The van der Waals surface area contributed by atoms with Gasteiger partial charge >= 0.3 is 0 Å².